The number of hydrogen-bond donors (Lipinski definition) is 0. The Hall–Kier alpha value is -2.15. The molecule has 0 radical (unpaired) electrons. The van der Waals surface area contributed by atoms with E-state index < -0.39 is 0 Å². The van der Waals surface area contributed by atoms with Crippen molar-refractivity contribution in [1.29, 1.82) is 0 Å². The molecule has 0 N–H and O–H groups in total. The monoisotopic (exact) mass is 184 g/mol. The first-order valence-corrected chi connectivity index (χ1v) is 4.13. The van der Waals surface area contributed by atoms with Crippen molar-refractivity contribution in [2.75, 3.05) is 0 Å². The van der Waals surface area contributed by atoms with E-state index in [0.29, 0.717) is 0 Å². The van der Waals surface area contributed by atoms with E-state index in [1.165, 1.54) is 0 Å². The van der Waals surface area contributed by atoms with Crippen LogP contribution in [-0.4, -0.2) is 20.2 Å². The Kier molecular flexibility index (Phi) is 1.99. The van der Waals surface area contributed by atoms with Crippen molar-refractivity contribution in [2.45, 2.75) is 6.92 Å². The maximum Gasteiger partial charge on any atom is 0.153 e. The Morgan fingerprint density at radius 1 is 1.29 bits per heavy atom. The summed E-state index contributed by atoms with van der Waals surface area (Å²) < 4.78 is 1.65. The highest BCUT2D eigenvalue weighted by molar-refractivity contribution is 5.40. The van der Waals surface area contributed by atoms with Crippen molar-refractivity contribution >= 4 is 0 Å². The van der Waals surface area contributed by atoms with Gasteiger partial charge in [0.25, 0.3) is 0 Å². The second-order valence-electron chi connectivity index (χ2n) is 2.83. The maximum atomic E-state index is 5.25. The van der Waals surface area contributed by atoms with E-state index in [0.717, 1.165) is 17.1 Å². The van der Waals surface area contributed by atoms with Crippen LogP contribution in [0.25, 0.3) is 5.69 Å². The number of hydrogen-bond acceptors (Lipinski definition) is 3. The smallest absolute Gasteiger partial charge is 0.153 e. The molecule has 0 amide bonds. The highest BCUT2D eigenvalue weighted by Crippen LogP contribution is 2.08. The van der Waals surface area contributed by atoms with Gasteiger partial charge in [-0.15, -0.1) is 11.5 Å². The normalized spacial score (nSPS) is 9.71. The molecule has 0 bridgehead atoms. The molecule has 0 unspecified atom stereocenters. The third kappa shape index (κ3) is 1.36. The number of terminal acetylenes is 1. The molecule has 4 heteroatoms. The summed E-state index contributed by atoms with van der Waals surface area (Å²) in [4.78, 5) is 0. The van der Waals surface area contributed by atoms with Crippen LogP contribution in [0.3, 0.4) is 0 Å². The number of nitrogens with zero attached hydrogens (tertiary/aromatic N) is 4. The van der Waals surface area contributed by atoms with E-state index in [1.54, 1.807) is 4.68 Å². The van der Waals surface area contributed by atoms with E-state index in [4.69, 9.17) is 6.42 Å². The van der Waals surface area contributed by atoms with E-state index >= 15 is 0 Å². The van der Waals surface area contributed by atoms with Gasteiger partial charge in [-0.3, -0.25) is 0 Å². The van der Waals surface area contributed by atoms with Crippen LogP contribution in [0.1, 0.15) is 11.4 Å². The van der Waals surface area contributed by atoms with Gasteiger partial charge in [0.2, 0.25) is 0 Å². The van der Waals surface area contributed by atoms with Gasteiger partial charge in [-0.1, -0.05) is 5.92 Å². The highest BCUT2D eigenvalue weighted by Gasteiger charge is 2.01. The lowest BCUT2D eigenvalue weighted by molar-refractivity contribution is 0.779. The molecule has 0 atom stereocenters. The average Bonchev–Trinajstić information content (AvgIpc) is 2.65. The zero-order chi connectivity index (χ0) is 9.97. The standard InChI is InChI=1S/C10H8N4/c1-3-9-4-6-10(7-5-9)14-8(2)11-12-13-14/h1,4-7H,2H3. The molecule has 0 saturated heterocycles. The van der Waals surface area contributed by atoms with Gasteiger partial charge in [0.1, 0.15) is 0 Å². The van der Waals surface area contributed by atoms with Crippen molar-refractivity contribution in [3.8, 4) is 18.0 Å². The Balaban J connectivity index is 2.45. The number of aromatic nitrogens is 4. The zero-order valence-corrected chi connectivity index (χ0v) is 7.68. The average molecular weight is 184 g/mol. The molecule has 4 nitrogen and oxygen atoms in total. The lowest BCUT2D eigenvalue weighted by atomic mass is 10.2. The molecular formula is C10H8N4. The summed E-state index contributed by atoms with van der Waals surface area (Å²) in [5.74, 6) is 3.30. The molecule has 14 heavy (non-hydrogen) atoms. The van der Waals surface area contributed by atoms with Crippen LogP contribution in [0.15, 0.2) is 24.3 Å². The molecule has 0 spiro atoms. The zero-order valence-electron chi connectivity index (χ0n) is 7.68. The van der Waals surface area contributed by atoms with Crippen molar-refractivity contribution < 1.29 is 0 Å². The van der Waals surface area contributed by atoms with Gasteiger partial charge in [0.05, 0.1) is 5.69 Å². The lowest BCUT2D eigenvalue weighted by Crippen LogP contribution is -1.98. The van der Waals surface area contributed by atoms with Crippen LogP contribution in [0.2, 0.25) is 0 Å². The molecule has 1 aromatic carbocycles. The first kappa shape index (κ1) is 8.45. The summed E-state index contributed by atoms with van der Waals surface area (Å²) in [5.41, 5.74) is 1.76. The Bertz CT molecular complexity index is 476. The molecule has 0 aliphatic heterocycles. The SMILES string of the molecule is C#Cc1ccc(-n2nnnc2C)cc1. The van der Waals surface area contributed by atoms with Crippen molar-refractivity contribution in [3.05, 3.63) is 35.7 Å². The Morgan fingerprint density at radius 2 is 2.00 bits per heavy atom. The number of tetrazole rings is 1. The van der Waals surface area contributed by atoms with E-state index in [2.05, 4.69) is 21.4 Å². The van der Waals surface area contributed by atoms with Gasteiger partial charge < -0.3 is 0 Å². The Morgan fingerprint density at radius 3 is 2.50 bits per heavy atom. The molecule has 0 saturated carbocycles. The molecule has 1 heterocycles. The van der Waals surface area contributed by atoms with Gasteiger partial charge in [-0.25, -0.2) is 0 Å². The predicted octanol–water partition coefficient (Wildman–Crippen LogP) is 0.952. The van der Waals surface area contributed by atoms with Crippen molar-refractivity contribution in [1.82, 2.24) is 20.2 Å². The van der Waals surface area contributed by atoms with E-state index in [1.807, 2.05) is 31.2 Å². The summed E-state index contributed by atoms with van der Waals surface area (Å²) in [5, 5.41) is 11.2. The van der Waals surface area contributed by atoms with E-state index in [9.17, 15) is 0 Å². The second-order valence-corrected chi connectivity index (χ2v) is 2.83. The lowest BCUT2D eigenvalue weighted by Gasteiger charge is -2.00. The fourth-order valence-corrected chi connectivity index (χ4v) is 1.17. The minimum atomic E-state index is 0.749. The maximum absolute atomic E-state index is 5.25. The van der Waals surface area contributed by atoms with Crippen LogP contribution < -0.4 is 0 Å². The summed E-state index contributed by atoms with van der Waals surface area (Å²) in [6, 6.07) is 7.49. The molecule has 2 aromatic rings. The van der Waals surface area contributed by atoms with Crippen LogP contribution in [-0.2, 0) is 0 Å². The molecule has 0 aliphatic carbocycles. The topological polar surface area (TPSA) is 43.6 Å². The molecule has 2 rings (SSSR count). The van der Waals surface area contributed by atoms with Gasteiger partial charge in [-0.2, -0.15) is 4.68 Å². The molecule has 68 valence electrons. The van der Waals surface area contributed by atoms with Crippen LogP contribution in [0, 0.1) is 19.3 Å². The summed E-state index contributed by atoms with van der Waals surface area (Å²) >= 11 is 0. The quantitative estimate of drug-likeness (QED) is 0.620. The predicted molar refractivity (Wildman–Crippen MR) is 51.8 cm³/mol. The van der Waals surface area contributed by atoms with Gasteiger partial charge in [0.15, 0.2) is 5.82 Å². The van der Waals surface area contributed by atoms with Gasteiger partial charge >= 0.3 is 0 Å². The first-order chi connectivity index (χ1) is 6.81. The van der Waals surface area contributed by atoms with Crippen LogP contribution in [0.4, 0.5) is 0 Å². The first-order valence-electron chi connectivity index (χ1n) is 4.13. The minimum absolute atomic E-state index is 0.749. The molecule has 0 fully saturated rings. The van der Waals surface area contributed by atoms with E-state index in [-0.39, 0.29) is 0 Å². The fraction of sp³-hybridized carbons (Fsp3) is 0.100. The molecule has 1 aromatic heterocycles. The Labute approximate surface area is 81.6 Å². The largest absolute Gasteiger partial charge is 0.198 e. The van der Waals surface area contributed by atoms with Crippen LogP contribution in [0.5, 0.6) is 0 Å². The van der Waals surface area contributed by atoms with Crippen LogP contribution >= 0.6 is 0 Å². The van der Waals surface area contributed by atoms with Gasteiger partial charge in [-0.05, 0) is 41.6 Å². The second kappa shape index (κ2) is 3.30. The summed E-state index contributed by atoms with van der Waals surface area (Å²) in [6.07, 6.45) is 5.25. The third-order valence-corrected chi connectivity index (χ3v) is 1.90. The van der Waals surface area contributed by atoms with Crippen molar-refractivity contribution in [3.63, 3.8) is 0 Å². The number of benzene rings is 1. The summed E-state index contributed by atoms with van der Waals surface area (Å²) in [6.45, 7) is 1.84. The summed E-state index contributed by atoms with van der Waals surface area (Å²) in [7, 11) is 0. The number of rotatable bonds is 1. The molecular weight excluding hydrogens is 176 g/mol. The molecule has 0 aliphatic rings. The third-order valence-electron chi connectivity index (χ3n) is 1.90. The van der Waals surface area contributed by atoms with Gasteiger partial charge in [0, 0.05) is 5.56 Å². The van der Waals surface area contributed by atoms with Crippen molar-refractivity contribution in [2.24, 2.45) is 0 Å². The highest BCUT2D eigenvalue weighted by atomic mass is 15.5. The number of aryl methyl sites for hydroxylation is 1. The minimum Gasteiger partial charge on any atom is -0.198 e. The fourth-order valence-electron chi connectivity index (χ4n) is 1.17.